The van der Waals surface area contributed by atoms with Gasteiger partial charge in [0.25, 0.3) is 0 Å². The molecule has 0 spiro atoms. The highest BCUT2D eigenvalue weighted by atomic mass is 79.9. The Kier molecular flexibility index (Phi) is 5.46. The molecule has 2 nitrogen and oxygen atoms in total. The quantitative estimate of drug-likeness (QED) is 0.686. The smallest absolute Gasteiger partial charge is 0.0646 e. The number of nitriles is 1. The maximum absolute atomic E-state index is 8.89. The first-order valence-electron chi connectivity index (χ1n) is 6.31. The molecule has 0 unspecified atom stereocenters. The molecule has 0 N–H and O–H groups in total. The second kappa shape index (κ2) is 7.33. The lowest BCUT2D eigenvalue weighted by molar-refractivity contribution is 0.943. The van der Waals surface area contributed by atoms with Crippen molar-refractivity contribution in [3.05, 3.63) is 59.1 Å². The molecular formula is C16H14BrClN2. The van der Waals surface area contributed by atoms with Gasteiger partial charge < -0.3 is 4.90 Å². The first-order valence-corrected chi connectivity index (χ1v) is 7.80. The van der Waals surface area contributed by atoms with Crippen molar-refractivity contribution in [2.75, 3.05) is 11.4 Å². The van der Waals surface area contributed by atoms with Crippen molar-refractivity contribution in [3.8, 4) is 6.07 Å². The average molecular weight is 350 g/mol. The number of halogens is 2. The van der Waals surface area contributed by atoms with Gasteiger partial charge in [0.2, 0.25) is 0 Å². The van der Waals surface area contributed by atoms with Crippen LogP contribution in [-0.2, 0) is 5.33 Å². The summed E-state index contributed by atoms with van der Waals surface area (Å²) in [6, 6.07) is 18.1. The molecule has 20 heavy (non-hydrogen) atoms. The maximum Gasteiger partial charge on any atom is 0.0646 e. The van der Waals surface area contributed by atoms with Crippen LogP contribution in [0.3, 0.4) is 0 Å². The van der Waals surface area contributed by atoms with E-state index in [1.807, 2.05) is 48.5 Å². The fourth-order valence-corrected chi connectivity index (χ4v) is 2.86. The Bertz CT molecular complexity index is 608. The third kappa shape index (κ3) is 3.33. The summed E-state index contributed by atoms with van der Waals surface area (Å²) >= 11 is 9.89. The average Bonchev–Trinajstić information content (AvgIpc) is 2.50. The maximum atomic E-state index is 8.89. The highest BCUT2D eigenvalue weighted by Gasteiger charge is 2.15. The van der Waals surface area contributed by atoms with Crippen LogP contribution in [0.5, 0.6) is 0 Å². The molecule has 0 atom stereocenters. The van der Waals surface area contributed by atoms with E-state index in [-0.39, 0.29) is 0 Å². The lowest BCUT2D eigenvalue weighted by atomic mass is 10.1. The van der Waals surface area contributed by atoms with E-state index in [0.29, 0.717) is 18.0 Å². The van der Waals surface area contributed by atoms with Gasteiger partial charge in [-0.25, -0.2) is 0 Å². The van der Waals surface area contributed by atoms with Crippen LogP contribution in [0, 0.1) is 11.3 Å². The highest BCUT2D eigenvalue weighted by molar-refractivity contribution is 9.08. The summed E-state index contributed by atoms with van der Waals surface area (Å²) in [5.74, 6) is 0. The summed E-state index contributed by atoms with van der Waals surface area (Å²) in [5, 5.41) is 10.3. The Morgan fingerprint density at radius 2 is 1.85 bits per heavy atom. The first kappa shape index (κ1) is 14.9. The number of hydrogen-bond acceptors (Lipinski definition) is 2. The van der Waals surface area contributed by atoms with Crippen LogP contribution >= 0.6 is 27.5 Å². The Balaban J connectivity index is 2.50. The minimum Gasteiger partial charge on any atom is -0.339 e. The summed E-state index contributed by atoms with van der Waals surface area (Å²) in [4.78, 5) is 2.10. The third-order valence-electron chi connectivity index (χ3n) is 3.00. The van der Waals surface area contributed by atoms with E-state index in [4.69, 9.17) is 16.9 Å². The zero-order valence-corrected chi connectivity index (χ0v) is 13.2. The van der Waals surface area contributed by atoms with Gasteiger partial charge in [-0.3, -0.25) is 0 Å². The summed E-state index contributed by atoms with van der Waals surface area (Å²) < 4.78 is 0. The fourth-order valence-electron chi connectivity index (χ4n) is 2.11. The normalized spacial score (nSPS) is 10.1. The van der Waals surface area contributed by atoms with Crippen LogP contribution in [0.25, 0.3) is 0 Å². The minimum atomic E-state index is 0.446. The van der Waals surface area contributed by atoms with Crippen LogP contribution in [0.1, 0.15) is 12.0 Å². The molecule has 0 radical (unpaired) electrons. The van der Waals surface area contributed by atoms with Gasteiger partial charge >= 0.3 is 0 Å². The predicted octanol–water partition coefficient (Wildman–Crippen LogP) is 5.29. The van der Waals surface area contributed by atoms with E-state index in [1.165, 1.54) is 0 Å². The first-order chi connectivity index (χ1) is 9.77. The molecule has 0 fully saturated rings. The fraction of sp³-hybridized carbons (Fsp3) is 0.188. The van der Waals surface area contributed by atoms with Gasteiger partial charge in [-0.05, 0) is 23.8 Å². The van der Waals surface area contributed by atoms with Gasteiger partial charge in [-0.15, -0.1) is 0 Å². The zero-order valence-electron chi connectivity index (χ0n) is 10.9. The predicted molar refractivity (Wildman–Crippen MR) is 87.8 cm³/mol. The number of nitrogens with zero attached hydrogens (tertiary/aromatic N) is 2. The summed E-state index contributed by atoms with van der Waals surface area (Å²) in [7, 11) is 0. The molecule has 0 aromatic heterocycles. The van der Waals surface area contributed by atoms with E-state index in [2.05, 4.69) is 26.9 Å². The molecule has 0 bridgehead atoms. The van der Waals surface area contributed by atoms with Gasteiger partial charge in [0.05, 0.1) is 23.2 Å². The van der Waals surface area contributed by atoms with Crippen LogP contribution in [-0.4, -0.2) is 6.54 Å². The van der Waals surface area contributed by atoms with Crippen LogP contribution in [0.4, 0.5) is 11.4 Å². The Morgan fingerprint density at radius 1 is 1.10 bits per heavy atom. The van der Waals surface area contributed by atoms with Gasteiger partial charge in [0.15, 0.2) is 0 Å². The second-order valence-electron chi connectivity index (χ2n) is 4.28. The molecule has 0 amide bonds. The SMILES string of the molecule is N#CCCN(c1ccccc1)c1c(Cl)cccc1CBr. The number of anilines is 2. The second-order valence-corrected chi connectivity index (χ2v) is 5.24. The lowest BCUT2D eigenvalue weighted by Gasteiger charge is -2.27. The van der Waals surface area contributed by atoms with Gasteiger partial charge in [0, 0.05) is 17.6 Å². The van der Waals surface area contributed by atoms with E-state index in [9.17, 15) is 0 Å². The van der Waals surface area contributed by atoms with E-state index in [1.54, 1.807) is 0 Å². The van der Waals surface area contributed by atoms with E-state index >= 15 is 0 Å². The Hall–Kier alpha value is -1.50. The molecule has 2 aromatic carbocycles. The van der Waals surface area contributed by atoms with Crippen LogP contribution < -0.4 is 4.90 Å². The molecule has 0 saturated carbocycles. The molecular weight excluding hydrogens is 336 g/mol. The van der Waals surface area contributed by atoms with E-state index in [0.717, 1.165) is 22.3 Å². The molecule has 0 aliphatic rings. The van der Waals surface area contributed by atoms with E-state index < -0.39 is 0 Å². The lowest BCUT2D eigenvalue weighted by Crippen LogP contribution is -2.19. The molecule has 0 aliphatic carbocycles. The molecule has 4 heteroatoms. The summed E-state index contributed by atoms with van der Waals surface area (Å²) in [6.07, 6.45) is 0.446. The topological polar surface area (TPSA) is 27.0 Å². The number of benzene rings is 2. The van der Waals surface area contributed by atoms with Crippen molar-refractivity contribution in [3.63, 3.8) is 0 Å². The van der Waals surface area contributed by atoms with Crippen molar-refractivity contribution in [2.24, 2.45) is 0 Å². The summed E-state index contributed by atoms with van der Waals surface area (Å²) in [5.41, 5.74) is 3.12. The molecule has 0 saturated heterocycles. The van der Waals surface area contributed by atoms with Crippen LogP contribution in [0.15, 0.2) is 48.5 Å². The van der Waals surface area contributed by atoms with Crippen molar-refractivity contribution in [2.45, 2.75) is 11.8 Å². The standard InChI is InChI=1S/C16H14BrClN2/c17-12-13-6-4-9-15(18)16(13)20(11-5-10-19)14-7-2-1-3-8-14/h1-4,6-9H,5,11-12H2. The Morgan fingerprint density at radius 3 is 2.50 bits per heavy atom. The molecule has 0 heterocycles. The zero-order chi connectivity index (χ0) is 14.4. The molecule has 102 valence electrons. The number of rotatable bonds is 5. The molecule has 0 aliphatic heterocycles. The monoisotopic (exact) mass is 348 g/mol. The van der Waals surface area contributed by atoms with Crippen molar-refractivity contribution in [1.29, 1.82) is 5.26 Å². The number of hydrogen-bond donors (Lipinski definition) is 0. The number of para-hydroxylation sites is 2. The molecule has 2 rings (SSSR count). The van der Waals surface area contributed by atoms with Crippen LogP contribution in [0.2, 0.25) is 5.02 Å². The largest absolute Gasteiger partial charge is 0.339 e. The summed E-state index contributed by atoms with van der Waals surface area (Å²) in [6.45, 7) is 0.615. The third-order valence-corrected chi connectivity index (χ3v) is 3.91. The van der Waals surface area contributed by atoms with Crippen molar-refractivity contribution >= 4 is 38.9 Å². The van der Waals surface area contributed by atoms with Gasteiger partial charge in [-0.1, -0.05) is 57.9 Å². The number of alkyl halides is 1. The highest BCUT2D eigenvalue weighted by Crippen LogP contribution is 2.36. The van der Waals surface area contributed by atoms with Gasteiger partial charge in [0.1, 0.15) is 0 Å². The Labute approximate surface area is 132 Å². The van der Waals surface area contributed by atoms with Gasteiger partial charge in [-0.2, -0.15) is 5.26 Å². The van der Waals surface area contributed by atoms with Crippen molar-refractivity contribution < 1.29 is 0 Å². The molecule has 2 aromatic rings. The minimum absolute atomic E-state index is 0.446. The van der Waals surface area contributed by atoms with Crippen molar-refractivity contribution in [1.82, 2.24) is 0 Å².